The van der Waals surface area contributed by atoms with E-state index in [1.54, 1.807) is 0 Å². The van der Waals surface area contributed by atoms with Crippen molar-refractivity contribution in [2.24, 2.45) is 0 Å². The topological polar surface area (TPSA) is 24.9 Å². The Labute approximate surface area is 125 Å². The Bertz CT molecular complexity index is 645. The summed E-state index contributed by atoms with van der Waals surface area (Å²) in [7, 11) is 0. The van der Waals surface area contributed by atoms with Crippen molar-refractivity contribution in [2.75, 3.05) is 0 Å². The van der Waals surface area contributed by atoms with Crippen molar-refractivity contribution in [3.8, 4) is 0 Å². The van der Waals surface area contributed by atoms with Crippen LogP contribution in [-0.2, 0) is 6.54 Å². The Morgan fingerprint density at radius 3 is 2.70 bits per heavy atom. The molecule has 0 saturated heterocycles. The lowest BCUT2D eigenvalue weighted by Crippen LogP contribution is -2.16. The number of fused-ring (bicyclic) bond motifs is 1. The molecular weight excluding hydrogens is 268 g/mol. The van der Waals surface area contributed by atoms with Crippen LogP contribution in [0.3, 0.4) is 0 Å². The van der Waals surface area contributed by atoms with Crippen LogP contribution in [-0.4, -0.2) is 11.0 Å². The highest BCUT2D eigenvalue weighted by Crippen LogP contribution is 2.29. The zero-order valence-corrected chi connectivity index (χ0v) is 13.1. The minimum absolute atomic E-state index is 0.439. The molecule has 0 bridgehead atoms. The summed E-state index contributed by atoms with van der Waals surface area (Å²) in [6, 6.07) is 6.99. The largest absolute Gasteiger partial charge is 0.310 e. The lowest BCUT2D eigenvalue weighted by Gasteiger charge is -2.14. The molecule has 1 fully saturated rings. The predicted octanol–water partition coefficient (Wildman–Crippen LogP) is 4.57. The molecule has 0 unspecified atom stereocenters. The van der Waals surface area contributed by atoms with Crippen molar-refractivity contribution >= 4 is 22.5 Å². The molecule has 3 heteroatoms. The first-order valence-corrected chi connectivity index (χ1v) is 7.75. The maximum Gasteiger partial charge on any atom is 0.0738 e. The summed E-state index contributed by atoms with van der Waals surface area (Å²) in [5, 5.41) is 5.58. The molecule has 106 valence electrons. The second-order valence-corrected chi connectivity index (χ2v) is 6.57. The summed E-state index contributed by atoms with van der Waals surface area (Å²) >= 11 is 6.23. The highest BCUT2D eigenvalue weighted by molar-refractivity contribution is 6.31. The number of aromatic nitrogens is 1. The number of hydrogen-bond donors (Lipinski definition) is 1. The van der Waals surface area contributed by atoms with E-state index in [-0.39, 0.29) is 0 Å². The van der Waals surface area contributed by atoms with Crippen LogP contribution >= 0.6 is 11.6 Å². The normalized spacial score (nSPS) is 15.2. The monoisotopic (exact) mass is 288 g/mol. The number of aryl methyl sites for hydroxylation is 1. The van der Waals surface area contributed by atoms with Gasteiger partial charge in [0.1, 0.15) is 0 Å². The number of rotatable bonds is 4. The van der Waals surface area contributed by atoms with E-state index in [4.69, 9.17) is 16.6 Å². The van der Waals surface area contributed by atoms with Gasteiger partial charge in [-0.1, -0.05) is 25.4 Å². The summed E-state index contributed by atoms with van der Waals surface area (Å²) in [4.78, 5) is 4.83. The second-order valence-electron chi connectivity index (χ2n) is 6.13. The fourth-order valence-corrected chi connectivity index (χ4v) is 2.80. The summed E-state index contributed by atoms with van der Waals surface area (Å²) in [5.74, 6) is 0.439. The van der Waals surface area contributed by atoms with Crippen molar-refractivity contribution in [2.45, 2.75) is 52.1 Å². The summed E-state index contributed by atoms with van der Waals surface area (Å²) in [6.45, 7) is 7.38. The lowest BCUT2D eigenvalue weighted by atomic mass is 10.0. The molecule has 0 atom stereocenters. The van der Waals surface area contributed by atoms with E-state index in [1.165, 1.54) is 23.8 Å². The highest BCUT2D eigenvalue weighted by Gasteiger charge is 2.21. The van der Waals surface area contributed by atoms with Crippen LogP contribution < -0.4 is 5.32 Å². The van der Waals surface area contributed by atoms with Crippen molar-refractivity contribution in [3.05, 3.63) is 40.0 Å². The standard InChI is InChI=1S/C17H21ClN2/c1-10(2)16-7-12(9-19-14-4-5-14)15-8-13(18)6-11(3)17(15)20-16/h6-8,10,14,19H,4-5,9H2,1-3H3. The van der Waals surface area contributed by atoms with Crippen molar-refractivity contribution in [1.29, 1.82) is 0 Å². The van der Waals surface area contributed by atoms with Gasteiger partial charge in [0.05, 0.1) is 5.52 Å². The third-order valence-electron chi connectivity index (χ3n) is 3.92. The highest BCUT2D eigenvalue weighted by atomic mass is 35.5. The van der Waals surface area contributed by atoms with Gasteiger partial charge < -0.3 is 5.32 Å². The molecule has 1 aliphatic rings. The summed E-state index contributed by atoms with van der Waals surface area (Å²) in [6.07, 6.45) is 2.61. The lowest BCUT2D eigenvalue weighted by molar-refractivity contribution is 0.688. The third-order valence-corrected chi connectivity index (χ3v) is 4.14. The van der Waals surface area contributed by atoms with Gasteiger partial charge in [-0.15, -0.1) is 0 Å². The summed E-state index contributed by atoms with van der Waals surface area (Å²) in [5.41, 5.74) is 4.72. The molecule has 2 aromatic rings. The van der Waals surface area contributed by atoms with Crippen molar-refractivity contribution < 1.29 is 0 Å². The van der Waals surface area contributed by atoms with E-state index >= 15 is 0 Å². The quantitative estimate of drug-likeness (QED) is 0.891. The third kappa shape index (κ3) is 2.82. The molecule has 2 nitrogen and oxygen atoms in total. The fraction of sp³-hybridized carbons (Fsp3) is 0.471. The molecular formula is C17H21ClN2. The van der Waals surface area contributed by atoms with Crippen LogP contribution in [0.15, 0.2) is 18.2 Å². The molecule has 0 spiro atoms. The molecule has 3 rings (SSSR count). The van der Waals surface area contributed by atoms with Gasteiger partial charge in [0, 0.05) is 28.7 Å². The van der Waals surface area contributed by atoms with E-state index in [9.17, 15) is 0 Å². The first-order valence-electron chi connectivity index (χ1n) is 7.37. The molecule has 0 radical (unpaired) electrons. The smallest absolute Gasteiger partial charge is 0.0738 e. The first-order chi connectivity index (χ1) is 9.54. The van der Waals surface area contributed by atoms with Gasteiger partial charge in [0.25, 0.3) is 0 Å². The molecule has 1 N–H and O–H groups in total. The van der Waals surface area contributed by atoms with Crippen LogP contribution in [0.2, 0.25) is 5.02 Å². The second kappa shape index (κ2) is 5.34. The molecule has 1 saturated carbocycles. The fourth-order valence-electron chi connectivity index (χ4n) is 2.53. The first kappa shape index (κ1) is 13.8. The van der Waals surface area contributed by atoms with Crippen LogP contribution in [0.5, 0.6) is 0 Å². The average Bonchev–Trinajstić information content (AvgIpc) is 3.19. The number of halogens is 1. The van der Waals surface area contributed by atoms with Crippen LogP contribution in [0, 0.1) is 6.92 Å². The molecule has 0 aliphatic heterocycles. The van der Waals surface area contributed by atoms with Crippen LogP contribution in [0.25, 0.3) is 10.9 Å². The maximum absolute atomic E-state index is 6.23. The average molecular weight is 289 g/mol. The van der Waals surface area contributed by atoms with Crippen LogP contribution in [0.1, 0.15) is 49.4 Å². The minimum Gasteiger partial charge on any atom is -0.310 e. The number of nitrogens with zero attached hydrogens (tertiary/aromatic N) is 1. The van der Waals surface area contributed by atoms with Gasteiger partial charge in [0.15, 0.2) is 0 Å². The van der Waals surface area contributed by atoms with Gasteiger partial charge in [-0.2, -0.15) is 0 Å². The number of pyridine rings is 1. The Hall–Kier alpha value is -1.12. The van der Waals surface area contributed by atoms with Crippen molar-refractivity contribution in [1.82, 2.24) is 10.3 Å². The van der Waals surface area contributed by atoms with Gasteiger partial charge in [-0.3, -0.25) is 4.98 Å². The number of nitrogens with one attached hydrogen (secondary N) is 1. The Kier molecular flexibility index (Phi) is 3.70. The van der Waals surface area contributed by atoms with Gasteiger partial charge in [-0.05, 0) is 55.0 Å². The minimum atomic E-state index is 0.439. The summed E-state index contributed by atoms with van der Waals surface area (Å²) < 4.78 is 0. The van der Waals surface area contributed by atoms with Gasteiger partial charge >= 0.3 is 0 Å². The molecule has 1 aromatic heterocycles. The zero-order chi connectivity index (χ0) is 14.3. The molecule has 1 aliphatic carbocycles. The Balaban J connectivity index is 2.11. The number of hydrogen-bond acceptors (Lipinski definition) is 2. The number of benzene rings is 1. The van der Waals surface area contributed by atoms with Gasteiger partial charge in [0.2, 0.25) is 0 Å². The van der Waals surface area contributed by atoms with E-state index in [2.05, 4.69) is 32.2 Å². The van der Waals surface area contributed by atoms with E-state index in [1.807, 2.05) is 12.1 Å². The Morgan fingerprint density at radius 2 is 2.05 bits per heavy atom. The molecule has 0 amide bonds. The maximum atomic E-state index is 6.23. The van der Waals surface area contributed by atoms with E-state index < -0.39 is 0 Å². The predicted molar refractivity (Wildman–Crippen MR) is 85.4 cm³/mol. The van der Waals surface area contributed by atoms with Crippen molar-refractivity contribution in [3.63, 3.8) is 0 Å². The van der Waals surface area contributed by atoms with E-state index in [0.717, 1.165) is 28.3 Å². The SMILES string of the molecule is Cc1cc(Cl)cc2c(CNC3CC3)cc(C(C)C)nc12. The van der Waals surface area contributed by atoms with E-state index in [0.29, 0.717) is 12.0 Å². The molecule has 1 heterocycles. The zero-order valence-electron chi connectivity index (χ0n) is 12.3. The van der Waals surface area contributed by atoms with Gasteiger partial charge in [-0.25, -0.2) is 0 Å². The molecule has 1 aromatic carbocycles. The Morgan fingerprint density at radius 1 is 1.30 bits per heavy atom. The van der Waals surface area contributed by atoms with Crippen LogP contribution in [0.4, 0.5) is 0 Å². The molecule has 20 heavy (non-hydrogen) atoms.